The lowest BCUT2D eigenvalue weighted by atomic mass is 10.0. The summed E-state index contributed by atoms with van der Waals surface area (Å²) in [7, 11) is 1.87. The first kappa shape index (κ1) is 13.0. The summed E-state index contributed by atoms with van der Waals surface area (Å²) in [4.78, 5) is 17.6. The second-order valence-electron chi connectivity index (χ2n) is 4.83. The fourth-order valence-electron chi connectivity index (χ4n) is 2.26. The van der Waals surface area contributed by atoms with Crippen LogP contribution < -0.4 is 5.32 Å². The maximum Gasteiger partial charge on any atom is 0.224 e. The van der Waals surface area contributed by atoms with Gasteiger partial charge in [-0.25, -0.2) is 4.98 Å². The van der Waals surface area contributed by atoms with Crippen LogP contribution in [-0.4, -0.2) is 51.8 Å². The lowest BCUT2D eigenvalue weighted by Crippen LogP contribution is -2.44. The molecular formula is C12H21N5O. The van der Waals surface area contributed by atoms with Crippen molar-refractivity contribution in [3.8, 4) is 0 Å². The fraction of sp³-hybridized carbons (Fsp3) is 0.750. The average Bonchev–Trinajstić information content (AvgIpc) is 2.90. The SMILES string of the molecule is CN(CC1CCCCN1)C(=O)CCn1cncn1. The molecule has 18 heavy (non-hydrogen) atoms. The van der Waals surface area contributed by atoms with E-state index in [4.69, 9.17) is 0 Å². The van der Waals surface area contributed by atoms with Crippen LogP contribution in [0.1, 0.15) is 25.7 Å². The number of hydrogen-bond donors (Lipinski definition) is 1. The van der Waals surface area contributed by atoms with Gasteiger partial charge >= 0.3 is 0 Å². The highest BCUT2D eigenvalue weighted by atomic mass is 16.2. The van der Waals surface area contributed by atoms with Gasteiger partial charge in [-0.1, -0.05) is 6.42 Å². The van der Waals surface area contributed by atoms with Crippen molar-refractivity contribution in [2.24, 2.45) is 0 Å². The van der Waals surface area contributed by atoms with Crippen molar-refractivity contribution in [3.05, 3.63) is 12.7 Å². The number of aromatic nitrogens is 3. The molecule has 1 fully saturated rings. The molecule has 1 atom stereocenters. The summed E-state index contributed by atoms with van der Waals surface area (Å²) in [5, 5.41) is 7.44. The highest BCUT2D eigenvalue weighted by molar-refractivity contribution is 5.75. The quantitative estimate of drug-likeness (QED) is 0.816. The van der Waals surface area contributed by atoms with Gasteiger partial charge in [0.1, 0.15) is 12.7 Å². The van der Waals surface area contributed by atoms with Crippen LogP contribution in [0, 0.1) is 0 Å². The number of hydrogen-bond acceptors (Lipinski definition) is 4. The molecule has 6 heteroatoms. The summed E-state index contributed by atoms with van der Waals surface area (Å²) in [5.41, 5.74) is 0. The number of carbonyl (C=O) groups is 1. The van der Waals surface area contributed by atoms with E-state index in [2.05, 4.69) is 15.4 Å². The van der Waals surface area contributed by atoms with Gasteiger partial charge in [0.05, 0.1) is 6.54 Å². The fourth-order valence-corrected chi connectivity index (χ4v) is 2.26. The monoisotopic (exact) mass is 251 g/mol. The molecule has 1 aromatic heterocycles. The second-order valence-corrected chi connectivity index (χ2v) is 4.83. The van der Waals surface area contributed by atoms with Gasteiger partial charge in [0.25, 0.3) is 0 Å². The van der Waals surface area contributed by atoms with Gasteiger partial charge in [0.15, 0.2) is 0 Å². The molecule has 0 bridgehead atoms. The van der Waals surface area contributed by atoms with Crippen LogP contribution in [-0.2, 0) is 11.3 Å². The standard InChI is InChI=1S/C12H21N5O/c1-16(8-11-4-2-3-6-14-11)12(18)5-7-17-10-13-9-15-17/h9-11,14H,2-8H2,1H3. The normalized spacial score (nSPS) is 19.7. The third kappa shape index (κ3) is 3.80. The predicted octanol–water partition coefficient (Wildman–Crippen LogP) is 0.269. The molecule has 0 spiro atoms. The molecule has 1 saturated heterocycles. The second kappa shape index (κ2) is 6.49. The van der Waals surface area contributed by atoms with Crippen LogP contribution >= 0.6 is 0 Å². The summed E-state index contributed by atoms with van der Waals surface area (Å²) in [5.74, 6) is 0.165. The zero-order chi connectivity index (χ0) is 12.8. The van der Waals surface area contributed by atoms with Crippen molar-refractivity contribution in [2.75, 3.05) is 20.1 Å². The van der Waals surface area contributed by atoms with E-state index in [0.29, 0.717) is 19.0 Å². The number of likely N-dealkylation sites (N-methyl/N-ethyl adjacent to an activating group) is 1. The van der Waals surface area contributed by atoms with Gasteiger partial charge in [-0.3, -0.25) is 9.48 Å². The molecule has 1 aliphatic rings. The minimum Gasteiger partial charge on any atom is -0.344 e. The van der Waals surface area contributed by atoms with Crippen molar-refractivity contribution in [3.63, 3.8) is 0 Å². The van der Waals surface area contributed by atoms with Gasteiger partial charge in [-0.15, -0.1) is 0 Å². The third-order valence-corrected chi connectivity index (χ3v) is 3.35. The molecule has 0 radical (unpaired) electrons. The molecule has 0 aliphatic carbocycles. The maximum absolute atomic E-state index is 11.9. The molecule has 6 nitrogen and oxygen atoms in total. The first-order chi connectivity index (χ1) is 8.75. The Labute approximate surface area is 107 Å². The van der Waals surface area contributed by atoms with E-state index in [1.165, 1.54) is 25.6 Å². The number of nitrogens with zero attached hydrogens (tertiary/aromatic N) is 4. The van der Waals surface area contributed by atoms with Crippen molar-refractivity contribution in [1.29, 1.82) is 0 Å². The largest absolute Gasteiger partial charge is 0.344 e. The van der Waals surface area contributed by atoms with E-state index in [1.54, 1.807) is 11.0 Å². The van der Waals surface area contributed by atoms with Gasteiger partial charge in [-0.2, -0.15) is 5.10 Å². The lowest BCUT2D eigenvalue weighted by molar-refractivity contribution is -0.130. The molecule has 0 aromatic carbocycles. The highest BCUT2D eigenvalue weighted by Crippen LogP contribution is 2.08. The van der Waals surface area contributed by atoms with Gasteiger partial charge in [0.2, 0.25) is 5.91 Å². The number of piperidine rings is 1. The topological polar surface area (TPSA) is 63.1 Å². The number of nitrogens with one attached hydrogen (secondary N) is 1. The van der Waals surface area contributed by atoms with E-state index in [9.17, 15) is 4.79 Å². The summed E-state index contributed by atoms with van der Waals surface area (Å²) in [6, 6.07) is 0.457. The number of aryl methyl sites for hydroxylation is 1. The molecule has 1 aliphatic heterocycles. The van der Waals surface area contributed by atoms with E-state index in [1.807, 2.05) is 11.9 Å². The molecule has 1 aromatic rings. The average molecular weight is 251 g/mol. The smallest absolute Gasteiger partial charge is 0.224 e. The summed E-state index contributed by atoms with van der Waals surface area (Å²) >= 11 is 0. The summed E-state index contributed by atoms with van der Waals surface area (Å²) in [6.07, 6.45) is 7.28. The Balaban J connectivity index is 1.70. The molecule has 0 saturated carbocycles. The third-order valence-electron chi connectivity index (χ3n) is 3.35. The van der Waals surface area contributed by atoms with Gasteiger partial charge in [0, 0.05) is 26.1 Å². The Hall–Kier alpha value is -1.43. The molecule has 2 rings (SSSR count). The van der Waals surface area contributed by atoms with E-state index in [-0.39, 0.29) is 5.91 Å². The molecule has 1 amide bonds. The van der Waals surface area contributed by atoms with Crippen LogP contribution in [0.25, 0.3) is 0 Å². The number of amides is 1. The Morgan fingerprint density at radius 1 is 1.56 bits per heavy atom. The Bertz CT molecular complexity index is 359. The molecular weight excluding hydrogens is 230 g/mol. The van der Waals surface area contributed by atoms with Crippen LogP contribution in [0.2, 0.25) is 0 Å². The predicted molar refractivity (Wildman–Crippen MR) is 67.9 cm³/mol. The first-order valence-corrected chi connectivity index (χ1v) is 6.55. The Morgan fingerprint density at radius 3 is 3.11 bits per heavy atom. The minimum absolute atomic E-state index is 0.165. The van der Waals surface area contributed by atoms with Gasteiger partial charge < -0.3 is 10.2 Å². The Kier molecular flexibility index (Phi) is 4.69. The highest BCUT2D eigenvalue weighted by Gasteiger charge is 2.17. The summed E-state index contributed by atoms with van der Waals surface area (Å²) < 4.78 is 1.69. The maximum atomic E-state index is 11.9. The molecule has 100 valence electrons. The van der Waals surface area contributed by atoms with Crippen LogP contribution in [0.3, 0.4) is 0 Å². The number of carbonyl (C=O) groups excluding carboxylic acids is 1. The molecule has 2 heterocycles. The van der Waals surface area contributed by atoms with Crippen LogP contribution in [0.5, 0.6) is 0 Å². The summed E-state index contributed by atoms with van der Waals surface area (Å²) in [6.45, 7) is 2.48. The van der Waals surface area contributed by atoms with Crippen LogP contribution in [0.15, 0.2) is 12.7 Å². The lowest BCUT2D eigenvalue weighted by Gasteiger charge is -2.28. The Morgan fingerprint density at radius 2 is 2.44 bits per heavy atom. The zero-order valence-electron chi connectivity index (χ0n) is 10.9. The van der Waals surface area contributed by atoms with E-state index < -0.39 is 0 Å². The van der Waals surface area contributed by atoms with Crippen LogP contribution in [0.4, 0.5) is 0 Å². The van der Waals surface area contributed by atoms with Crippen molar-refractivity contribution in [1.82, 2.24) is 25.0 Å². The van der Waals surface area contributed by atoms with Crippen molar-refractivity contribution >= 4 is 5.91 Å². The minimum atomic E-state index is 0.165. The molecule has 1 unspecified atom stereocenters. The van der Waals surface area contributed by atoms with Crippen molar-refractivity contribution < 1.29 is 4.79 Å². The van der Waals surface area contributed by atoms with Gasteiger partial charge in [-0.05, 0) is 19.4 Å². The van der Waals surface area contributed by atoms with E-state index in [0.717, 1.165) is 13.1 Å². The van der Waals surface area contributed by atoms with E-state index >= 15 is 0 Å². The number of rotatable bonds is 5. The molecule has 1 N–H and O–H groups in total. The van der Waals surface area contributed by atoms with Crippen molar-refractivity contribution in [2.45, 2.75) is 38.3 Å². The zero-order valence-corrected chi connectivity index (χ0v) is 10.9. The first-order valence-electron chi connectivity index (χ1n) is 6.55.